The number of carbonyl (C=O) groups excluding carboxylic acids is 1. The molecule has 4 nitrogen and oxygen atoms in total. The summed E-state index contributed by atoms with van der Waals surface area (Å²) in [6.45, 7) is 6.28. The van der Waals surface area contributed by atoms with Crippen molar-refractivity contribution < 1.29 is 9.53 Å². The molecule has 106 valence electrons. The van der Waals surface area contributed by atoms with Crippen LogP contribution in [-0.2, 0) is 4.74 Å². The third kappa shape index (κ3) is 7.47. The van der Waals surface area contributed by atoms with Gasteiger partial charge < -0.3 is 15.4 Å². The standard InChI is InChI=1S/C15H24N2O2/c1-3-4-10-19-11-6-9-16-15(18)17-14-8-5-7-13(2)12-14/h5,7-8,12H,3-4,6,9-11H2,1-2H3,(H2,16,17,18). The molecule has 0 saturated carbocycles. The Bertz CT molecular complexity index is 380. The highest BCUT2D eigenvalue weighted by molar-refractivity contribution is 5.89. The van der Waals surface area contributed by atoms with Crippen LogP contribution in [0.15, 0.2) is 24.3 Å². The van der Waals surface area contributed by atoms with Gasteiger partial charge in [-0.2, -0.15) is 0 Å². The fraction of sp³-hybridized carbons (Fsp3) is 0.533. The first-order valence-corrected chi connectivity index (χ1v) is 6.91. The number of unbranched alkanes of at least 4 members (excludes halogenated alkanes) is 1. The van der Waals surface area contributed by atoms with Gasteiger partial charge in [0.2, 0.25) is 0 Å². The predicted molar refractivity (Wildman–Crippen MR) is 78.5 cm³/mol. The van der Waals surface area contributed by atoms with Crippen LogP contribution in [0, 0.1) is 6.92 Å². The molecule has 2 N–H and O–H groups in total. The summed E-state index contributed by atoms with van der Waals surface area (Å²) in [5, 5.41) is 5.61. The lowest BCUT2D eigenvalue weighted by Crippen LogP contribution is -2.30. The molecule has 0 spiro atoms. The molecular weight excluding hydrogens is 240 g/mol. The quantitative estimate of drug-likeness (QED) is 0.708. The van der Waals surface area contributed by atoms with Gasteiger partial charge in [-0.3, -0.25) is 0 Å². The van der Waals surface area contributed by atoms with Crippen molar-refractivity contribution in [3.8, 4) is 0 Å². The third-order valence-corrected chi connectivity index (χ3v) is 2.67. The Hall–Kier alpha value is -1.55. The minimum absolute atomic E-state index is 0.167. The summed E-state index contributed by atoms with van der Waals surface area (Å²) in [4.78, 5) is 11.6. The molecule has 0 aromatic heterocycles. The molecular formula is C15H24N2O2. The van der Waals surface area contributed by atoms with E-state index in [9.17, 15) is 4.79 Å². The average molecular weight is 264 g/mol. The molecule has 0 atom stereocenters. The molecule has 0 heterocycles. The lowest BCUT2D eigenvalue weighted by atomic mass is 10.2. The largest absolute Gasteiger partial charge is 0.381 e. The van der Waals surface area contributed by atoms with E-state index in [2.05, 4.69) is 17.6 Å². The van der Waals surface area contributed by atoms with E-state index in [0.717, 1.165) is 37.1 Å². The van der Waals surface area contributed by atoms with Crippen LogP contribution in [0.25, 0.3) is 0 Å². The van der Waals surface area contributed by atoms with Gasteiger partial charge in [0.1, 0.15) is 0 Å². The van der Waals surface area contributed by atoms with E-state index in [1.165, 1.54) is 0 Å². The highest BCUT2D eigenvalue weighted by atomic mass is 16.5. The van der Waals surface area contributed by atoms with Crippen molar-refractivity contribution in [3.63, 3.8) is 0 Å². The molecule has 0 aliphatic heterocycles. The zero-order valence-electron chi connectivity index (χ0n) is 11.9. The molecule has 0 bridgehead atoms. The molecule has 0 unspecified atom stereocenters. The maximum atomic E-state index is 11.6. The SMILES string of the molecule is CCCCOCCCNC(=O)Nc1cccc(C)c1. The van der Waals surface area contributed by atoms with Crippen molar-refractivity contribution in [2.75, 3.05) is 25.1 Å². The predicted octanol–water partition coefficient (Wildman–Crippen LogP) is 3.32. The number of ether oxygens (including phenoxy) is 1. The van der Waals surface area contributed by atoms with Crippen molar-refractivity contribution in [1.82, 2.24) is 5.32 Å². The fourth-order valence-corrected chi connectivity index (χ4v) is 1.62. The van der Waals surface area contributed by atoms with Crippen molar-refractivity contribution in [3.05, 3.63) is 29.8 Å². The Morgan fingerprint density at radius 1 is 1.26 bits per heavy atom. The molecule has 0 fully saturated rings. The highest BCUT2D eigenvalue weighted by Gasteiger charge is 2.00. The lowest BCUT2D eigenvalue weighted by molar-refractivity contribution is 0.129. The van der Waals surface area contributed by atoms with Gasteiger partial charge in [-0.15, -0.1) is 0 Å². The van der Waals surface area contributed by atoms with Gasteiger partial charge in [0.25, 0.3) is 0 Å². The van der Waals surface area contributed by atoms with Crippen molar-refractivity contribution in [1.29, 1.82) is 0 Å². The molecule has 4 heteroatoms. The Balaban J connectivity index is 2.08. The summed E-state index contributed by atoms with van der Waals surface area (Å²) in [5.74, 6) is 0. The monoisotopic (exact) mass is 264 g/mol. The zero-order valence-corrected chi connectivity index (χ0v) is 11.9. The number of nitrogens with one attached hydrogen (secondary N) is 2. The number of carbonyl (C=O) groups is 1. The topological polar surface area (TPSA) is 50.4 Å². The van der Waals surface area contributed by atoms with Crippen LogP contribution in [0.4, 0.5) is 10.5 Å². The van der Waals surface area contributed by atoms with Gasteiger partial charge in [-0.25, -0.2) is 4.79 Å². The zero-order chi connectivity index (χ0) is 13.9. The summed E-state index contributed by atoms with van der Waals surface area (Å²) in [6, 6.07) is 7.57. The number of hydrogen-bond donors (Lipinski definition) is 2. The van der Waals surface area contributed by atoms with Gasteiger partial charge in [0.05, 0.1) is 0 Å². The first kappa shape index (κ1) is 15.5. The van der Waals surface area contributed by atoms with Crippen molar-refractivity contribution >= 4 is 11.7 Å². The number of hydrogen-bond acceptors (Lipinski definition) is 2. The molecule has 1 rings (SSSR count). The van der Waals surface area contributed by atoms with Crippen LogP contribution in [0.2, 0.25) is 0 Å². The number of anilines is 1. The van der Waals surface area contributed by atoms with E-state index in [-0.39, 0.29) is 6.03 Å². The van der Waals surface area contributed by atoms with Crippen LogP contribution in [0.5, 0.6) is 0 Å². The van der Waals surface area contributed by atoms with Crippen LogP contribution < -0.4 is 10.6 Å². The van der Waals surface area contributed by atoms with Crippen LogP contribution >= 0.6 is 0 Å². The van der Waals surface area contributed by atoms with Gasteiger partial charge >= 0.3 is 6.03 Å². The number of aryl methyl sites for hydroxylation is 1. The molecule has 0 saturated heterocycles. The summed E-state index contributed by atoms with van der Waals surface area (Å²) < 4.78 is 5.42. The maximum Gasteiger partial charge on any atom is 0.319 e. The molecule has 19 heavy (non-hydrogen) atoms. The van der Waals surface area contributed by atoms with Gasteiger partial charge in [-0.1, -0.05) is 25.5 Å². The number of urea groups is 1. The molecule has 1 aromatic carbocycles. The third-order valence-electron chi connectivity index (χ3n) is 2.67. The summed E-state index contributed by atoms with van der Waals surface area (Å²) in [6.07, 6.45) is 3.09. The molecule has 2 amide bonds. The van der Waals surface area contributed by atoms with Crippen molar-refractivity contribution in [2.45, 2.75) is 33.1 Å². The van der Waals surface area contributed by atoms with E-state index in [1.807, 2.05) is 31.2 Å². The van der Waals surface area contributed by atoms with Crippen molar-refractivity contribution in [2.24, 2.45) is 0 Å². The molecule has 0 radical (unpaired) electrons. The Kier molecular flexibility index (Phi) is 7.66. The normalized spacial score (nSPS) is 10.2. The highest BCUT2D eigenvalue weighted by Crippen LogP contribution is 2.08. The second-order valence-corrected chi connectivity index (χ2v) is 4.57. The van der Waals surface area contributed by atoms with Crippen LogP contribution in [-0.4, -0.2) is 25.8 Å². The van der Waals surface area contributed by atoms with Gasteiger partial charge in [0.15, 0.2) is 0 Å². The smallest absolute Gasteiger partial charge is 0.319 e. The molecule has 1 aromatic rings. The second kappa shape index (κ2) is 9.39. The van der Waals surface area contributed by atoms with Crippen LogP contribution in [0.3, 0.4) is 0 Å². The first-order chi connectivity index (χ1) is 9.22. The Morgan fingerprint density at radius 3 is 2.79 bits per heavy atom. The minimum atomic E-state index is -0.167. The minimum Gasteiger partial charge on any atom is -0.381 e. The van der Waals surface area contributed by atoms with Gasteiger partial charge in [-0.05, 0) is 37.5 Å². The Morgan fingerprint density at radius 2 is 2.05 bits per heavy atom. The summed E-state index contributed by atoms with van der Waals surface area (Å²) in [5.41, 5.74) is 1.94. The summed E-state index contributed by atoms with van der Waals surface area (Å²) >= 11 is 0. The van der Waals surface area contributed by atoms with E-state index in [0.29, 0.717) is 13.2 Å². The second-order valence-electron chi connectivity index (χ2n) is 4.57. The molecule has 0 aliphatic rings. The maximum absolute atomic E-state index is 11.6. The van der Waals surface area contributed by atoms with E-state index >= 15 is 0 Å². The lowest BCUT2D eigenvalue weighted by Gasteiger charge is -2.08. The molecule has 0 aliphatic carbocycles. The van der Waals surface area contributed by atoms with Crippen LogP contribution in [0.1, 0.15) is 31.7 Å². The van der Waals surface area contributed by atoms with Gasteiger partial charge in [0, 0.05) is 25.4 Å². The van der Waals surface area contributed by atoms with E-state index in [4.69, 9.17) is 4.74 Å². The Labute approximate surface area is 115 Å². The van der Waals surface area contributed by atoms with E-state index in [1.54, 1.807) is 0 Å². The average Bonchev–Trinajstić information content (AvgIpc) is 2.37. The number of rotatable bonds is 8. The fourth-order valence-electron chi connectivity index (χ4n) is 1.62. The summed E-state index contributed by atoms with van der Waals surface area (Å²) in [7, 11) is 0. The number of amides is 2. The first-order valence-electron chi connectivity index (χ1n) is 6.91. The van der Waals surface area contributed by atoms with E-state index < -0.39 is 0 Å². The number of benzene rings is 1.